The van der Waals surface area contributed by atoms with Gasteiger partial charge < -0.3 is 10.4 Å². The Bertz CT molecular complexity index is 1170. The highest BCUT2D eigenvalue weighted by Crippen LogP contribution is 2.45. The first-order valence-electron chi connectivity index (χ1n) is 10.3. The average Bonchev–Trinajstić information content (AvgIpc) is 3.28. The normalized spacial score (nSPS) is 25.1. The van der Waals surface area contributed by atoms with Crippen molar-refractivity contribution in [2.75, 3.05) is 5.32 Å². The van der Waals surface area contributed by atoms with Crippen LogP contribution in [-0.2, 0) is 0 Å². The van der Waals surface area contributed by atoms with Gasteiger partial charge in [-0.05, 0) is 37.5 Å². The van der Waals surface area contributed by atoms with E-state index in [-0.39, 0.29) is 16.5 Å². The molecule has 0 bridgehead atoms. The predicted molar refractivity (Wildman–Crippen MR) is 109 cm³/mol. The van der Waals surface area contributed by atoms with Crippen LogP contribution >= 0.6 is 0 Å². The van der Waals surface area contributed by atoms with E-state index in [1.165, 1.54) is 6.92 Å². The molecule has 2 N–H and O–H groups in total. The lowest BCUT2D eigenvalue weighted by atomic mass is 9.94. The van der Waals surface area contributed by atoms with Gasteiger partial charge in [-0.2, -0.15) is 41.6 Å². The number of carbonyl (C=O) groups excluding carboxylic acids is 1. The van der Waals surface area contributed by atoms with Crippen LogP contribution in [0.4, 0.5) is 32.2 Å². The summed E-state index contributed by atoms with van der Waals surface area (Å²) < 4.78 is 82.7. The van der Waals surface area contributed by atoms with Crippen molar-refractivity contribution in [2.45, 2.75) is 63.8 Å². The van der Waals surface area contributed by atoms with Crippen LogP contribution in [-0.4, -0.2) is 49.6 Å². The topological polar surface area (TPSA) is 82.8 Å². The molecule has 34 heavy (non-hydrogen) atoms. The third-order valence-corrected chi connectivity index (χ3v) is 6.11. The number of hydrazone groups is 1. The highest BCUT2D eigenvalue weighted by molar-refractivity contribution is 5.97. The fourth-order valence-electron chi connectivity index (χ4n) is 4.14. The zero-order chi connectivity index (χ0) is 25.2. The summed E-state index contributed by atoms with van der Waals surface area (Å²) in [5.41, 5.74) is -2.06. The molecule has 4 rings (SSSR count). The van der Waals surface area contributed by atoms with Crippen molar-refractivity contribution in [3.63, 3.8) is 0 Å². The molecule has 0 saturated carbocycles. The molecule has 0 radical (unpaired) electrons. The fourth-order valence-corrected chi connectivity index (χ4v) is 4.14. The van der Waals surface area contributed by atoms with Crippen molar-refractivity contribution in [2.24, 2.45) is 5.10 Å². The number of nitrogens with one attached hydrogen (secondary N) is 1. The van der Waals surface area contributed by atoms with Crippen LogP contribution in [0.25, 0.3) is 0 Å². The second kappa shape index (κ2) is 7.72. The fraction of sp³-hybridized carbons (Fsp3) is 0.476. The van der Waals surface area contributed by atoms with E-state index in [1.54, 1.807) is 18.2 Å². The number of hydrogen-bond donors (Lipinski definition) is 2. The number of fused-ring (bicyclic) bond motifs is 1. The SMILES string of the molecule is CC1=NN(C(=O)c2cc3n(n2)C(C(F)(F)F)CC(c2ccc(C)c(C)c2)N3)C(O)(C(F)(F)F)C1. The van der Waals surface area contributed by atoms with Crippen molar-refractivity contribution in [3.05, 3.63) is 46.6 Å². The van der Waals surface area contributed by atoms with Crippen molar-refractivity contribution < 1.29 is 36.2 Å². The van der Waals surface area contributed by atoms with Crippen LogP contribution in [0, 0.1) is 13.8 Å². The Morgan fingerprint density at radius 1 is 1.12 bits per heavy atom. The number of rotatable bonds is 2. The summed E-state index contributed by atoms with van der Waals surface area (Å²) in [5, 5.41) is 20.0. The largest absolute Gasteiger partial charge is 0.438 e. The summed E-state index contributed by atoms with van der Waals surface area (Å²) in [4.78, 5) is 12.8. The maximum Gasteiger partial charge on any atom is 0.438 e. The Balaban J connectivity index is 1.73. The van der Waals surface area contributed by atoms with Crippen molar-refractivity contribution in [1.82, 2.24) is 14.8 Å². The molecule has 3 atom stereocenters. The van der Waals surface area contributed by atoms with Gasteiger partial charge in [0.05, 0.1) is 6.04 Å². The van der Waals surface area contributed by atoms with E-state index in [1.807, 2.05) is 13.8 Å². The minimum Gasteiger partial charge on any atom is -0.363 e. The summed E-state index contributed by atoms with van der Waals surface area (Å²) in [7, 11) is 0. The molecule has 184 valence electrons. The van der Waals surface area contributed by atoms with Gasteiger partial charge in [0.25, 0.3) is 11.6 Å². The number of anilines is 1. The molecule has 0 aliphatic carbocycles. The monoisotopic (exact) mass is 489 g/mol. The predicted octanol–water partition coefficient (Wildman–Crippen LogP) is 4.63. The molecule has 0 spiro atoms. The van der Waals surface area contributed by atoms with Gasteiger partial charge in [-0.1, -0.05) is 18.2 Å². The Labute approximate surface area is 190 Å². The second-order valence-electron chi connectivity index (χ2n) is 8.64. The Kier molecular flexibility index (Phi) is 5.46. The Hall–Kier alpha value is -3.09. The highest BCUT2D eigenvalue weighted by Gasteiger charge is 2.63. The smallest absolute Gasteiger partial charge is 0.363 e. The Morgan fingerprint density at radius 2 is 1.79 bits per heavy atom. The van der Waals surface area contributed by atoms with Crippen LogP contribution in [0.1, 0.15) is 59.0 Å². The number of carbonyl (C=O) groups is 1. The zero-order valence-corrected chi connectivity index (χ0v) is 18.3. The van der Waals surface area contributed by atoms with E-state index in [9.17, 15) is 36.2 Å². The number of amides is 1. The van der Waals surface area contributed by atoms with Gasteiger partial charge in [0, 0.05) is 24.6 Å². The van der Waals surface area contributed by atoms with E-state index >= 15 is 0 Å². The molecule has 0 fully saturated rings. The maximum absolute atomic E-state index is 13.9. The van der Waals surface area contributed by atoms with Crippen LogP contribution < -0.4 is 5.32 Å². The minimum atomic E-state index is -5.25. The van der Waals surface area contributed by atoms with Crippen LogP contribution in [0.2, 0.25) is 0 Å². The molecular formula is C21H21F6N5O2. The van der Waals surface area contributed by atoms with Gasteiger partial charge >= 0.3 is 12.4 Å². The summed E-state index contributed by atoms with van der Waals surface area (Å²) in [5.74, 6) is -1.65. The summed E-state index contributed by atoms with van der Waals surface area (Å²) >= 11 is 0. The summed E-state index contributed by atoms with van der Waals surface area (Å²) in [6.07, 6.45) is -11.4. The second-order valence-corrected chi connectivity index (χ2v) is 8.64. The Morgan fingerprint density at radius 3 is 2.38 bits per heavy atom. The molecule has 3 heterocycles. The number of aliphatic hydroxyl groups is 1. The van der Waals surface area contributed by atoms with Crippen molar-refractivity contribution in [1.29, 1.82) is 0 Å². The molecule has 0 saturated heterocycles. The number of hydrogen-bond acceptors (Lipinski definition) is 5. The van der Waals surface area contributed by atoms with E-state index in [0.717, 1.165) is 17.2 Å². The van der Waals surface area contributed by atoms with Crippen LogP contribution in [0.5, 0.6) is 0 Å². The van der Waals surface area contributed by atoms with E-state index < -0.39 is 54.6 Å². The molecule has 3 unspecified atom stereocenters. The van der Waals surface area contributed by atoms with Gasteiger partial charge in [0.15, 0.2) is 11.7 Å². The molecule has 1 aromatic carbocycles. The number of aromatic nitrogens is 2. The van der Waals surface area contributed by atoms with Gasteiger partial charge in [-0.15, -0.1) is 0 Å². The van der Waals surface area contributed by atoms with Gasteiger partial charge in [0.1, 0.15) is 5.82 Å². The standard InChI is InChI=1S/C21H21F6N5O2/c1-10-4-5-13(6-11(10)2)14-7-16(20(22,23)24)31-17(28-14)8-15(30-31)18(33)32-19(34,21(25,26)27)9-12(3)29-32/h4-6,8,14,16,28,34H,7,9H2,1-3H3. The lowest BCUT2D eigenvalue weighted by Gasteiger charge is -2.33. The van der Waals surface area contributed by atoms with Crippen molar-refractivity contribution >= 4 is 17.4 Å². The molecule has 7 nitrogen and oxygen atoms in total. The van der Waals surface area contributed by atoms with E-state index in [0.29, 0.717) is 10.2 Å². The summed E-state index contributed by atoms with van der Waals surface area (Å²) in [6, 6.07) is 3.26. The number of halogens is 6. The number of alkyl halides is 6. The first-order valence-corrected chi connectivity index (χ1v) is 10.3. The molecule has 2 aromatic rings. The molecule has 13 heteroatoms. The first-order chi connectivity index (χ1) is 15.6. The molecule has 1 amide bonds. The highest BCUT2D eigenvalue weighted by atomic mass is 19.4. The third kappa shape index (κ3) is 3.91. The van der Waals surface area contributed by atoms with E-state index in [4.69, 9.17) is 0 Å². The van der Waals surface area contributed by atoms with Crippen molar-refractivity contribution in [3.8, 4) is 0 Å². The zero-order valence-electron chi connectivity index (χ0n) is 18.3. The lowest BCUT2D eigenvalue weighted by Crippen LogP contribution is -2.56. The third-order valence-electron chi connectivity index (χ3n) is 6.11. The molecule has 1 aromatic heterocycles. The van der Waals surface area contributed by atoms with Crippen LogP contribution in [0.3, 0.4) is 0 Å². The number of benzene rings is 1. The number of nitrogens with zero attached hydrogens (tertiary/aromatic N) is 4. The summed E-state index contributed by atoms with van der Waals surface area (Å²) in [6.45, 7) is 4.88. The van der Waals surface area contributed by atoms with Gasteiger partial charge in [-0.25, -0.2) is 4.68 Å². The van der Waals surface area contributed by atoms with Gasteiger partial charge in [-0.3, -0.25) is 4.79 Å². The lowest BCUT2D eigenvalue weighted by molar-refractivity contribution is -0.297. The quantitative estimate of drug-likeness (QED) is 0.603. The van der Waals surface area contributed by atoms with Crippen LogP contribution in [0.15, 0.2) is 29.4 Å². The molecule has 2 aliphatic rings. The molecular weight excluding hydrogens is 468 g/mol. The minimum absolute atomic E-state index is 0.167. The van der Waals surface area contributed by atoms with E-state index in [2.05, 4.69) is 15.5 Å². The maximum atomic E-state index is 13.9. The van der Waals surface area contributed by atoms with Gasteiger partial charge in [0.2, 0.25) is 0 Å². The molecule has 2 aliphatic heterocycles. The number of aryl methyl sites for hydroxylation is 2. The first kappa shape index (κ1) is 24.0. The average molecular weight is 489 g/mol.